The molecular formula is C13H14N4O2S. The van der Waals surface area contributed by atoms with Crippen LogP contribution in [-0.4, -0.2) is 20.4 Å². The monoisotopic (exact) mass is 290 g/mol. The van der Waals surface area contributed by atoms with E-state index in [0.717, 1.165) is 25.0 Å². The zero-order chi connectivity index (χ0) is 13.9. The van der Waals surface area contributed by atoms with Crippen LogP contribution in [0.3, 0.4) is 0 Å². The molecule has 0 aromatic carbocycles. The smallest absolute Gasteiger partial charge is 0.253 e. The average Bonchev–Trinajstić information content (AvgIpc) is 2.83. The second kappa shape index (κ2) is 5.54. The van der Waals surface area contributed by atoms with E-state index in [-0.39, 0.29) is 18.0 Å². The summed E-state index contributed by atoms with van der Waals surface area (Å²) in [5, 5.41) is 3.38. The largest absolute Gasteiger partial charge is 0.300 e. The molecule has 0 saturated heterocycles. The lowest BCUT2D eigenvalue weighted by atomic mass is 10.0. The van der Waals surface area contributed by atoms with Gasteiger partial charge in [-0.3, -0.25) is 14.2 Å². The molecule has 0 atom stereocenters. The summed E-state index contributed by atoms with van der Waals surface area (Å²) in [4.78, 5) is 32.9. The molecule has 0 fully saturated rings. The fourth-order valence-electron chi connectivity index (χ4n) is 2.22. The molecule has 3 rings (SSSR count). The fraction of sp³-hybridized carbons (Fsp3) is 0.385. The predicted octanol–water partition coefficient (Wildman–Crippen LogP) is 1.22. The highest BCUT2D eigenvalue weighted by Gasteiger charge is 2.16. The van der Waals surface area contributed by atoms with Crippen LogP contribution in [-0.2, 0) is 24.2 Å². The number of carbonyl (C=O) groups is 1. The molecule has 104 valence electrons. The van der Waals surface area contributed by atoms with Gasteiger partial charge < -0.3 is 5.32 Å². The Kier molecular flexibility index (Phi) is 3.60. The van der Waals surface area contributed by atoms with E-state index >= 15 is 0 Å². The molecule has 6 nitrogen and oxygen atoms in total. The summed E-state index contributed by atoms with van der Waals surface area (Å²) in [5.41, 5.74) is 0.865. The second-order valence-electron chi connectivity index (χ2n) is 4.69. The van der Waals surface area contributed by atoms with Crippen molar-refractivity contribution in [3.63, 3.8) is 0 Å². The number of hydrogen-bond donors (Lipinski definition) is 1. The van der Waals surface area contributed by atoms with Crippen molar-refractivity contribution in [3.8, 4) is 0 Å². The van der Waals surface area contributed by atoms with Crippen molar-refractivity contribution >= 4 is 22.4 Å². The molecule has 1 aliphatic rings. The van der Waals surface area contributed by atoms with Gasteiger partial charge in [-0.2, -0.15) is 0 Å². The summed E-state index contributed by atoms with van der Waals surface area (Å²) < 4.78 is 1.27. The molecule has 2 aromatic heterocycles. The first-order chi connectivity index (χ1) is 9.72. The third kappa shape index (κ3) is 2.77. The van der Waals surface area contributed by atoms with Crippen LogP contribution in [0.5, 0.6) is 0 Å². The molecular weight excluding hydrogens is 276 g/mol. The molecule has 0 radical (unpaired) electrons. The molecule has 0 aliphatic heterocycles. The highest BCUT2D eigenvalue weighted by molar-refractivity contribution is 7.15. The van der Waals surface area contributed by atoms with Gasteiger partial charge in [0.05, 0.1) is 12.0 Å². The van der Waals surface area contributed by atoms with Crippen LogP contribution < -0.4 is 10.9 Å². The first-order valence-electron chi connectivity index (χ1n) is 6.51. The lowest BCUT2D eigenvalue weighted by molar-refractivity contribution is -0.116. The minimum atomic E-state index is -0.258. The van der Waals surface area contributed by atoms with Crippen LogP contribution in [0.25, 0.3) is 0 Å². The van der Waals surface area contributed by atoms with Gasteiger partial charge in [0.1, 0.15) is 6.54 Å². The number of fused-ring (bicyclic) bond motifs is 1. The molecule has 1 N–H and O–H groups in total. The quantitative estimate of drug-likeness (QED) is 0.922. The third-order valence-corrected chi connectivity index (χ3v) is 4.27. The standard InChI is InChI=1S/C13H14N4O2S/c18-11(7-17-8-14-6-5-12(17)19)16-13-15-9-3-1-2-4-10(9)20-13/h5-6,8H,1-4,7H2,(H,15,16,18). The van der Waals surface area contributed by atoms with E-state index in [1.807, 2.05) is 0 Å². The lowest BCUT2D eigenvalue weighted by Crippen LogP contribution is -2.26. The first kappa shape index (κ1) is 13.0. The molecule has 0 spiro atoms. The van der Waals surface area contributed by atoms with Crippen molar-refractivity contribution < 1.29 is 4.79 Å². The lowest BCUT2D eigenvalue weighted by Gasteiger charge is -2.06. The first-order valence-corrected chi connectivity index (χ1v) is 7.33. The van der Waals surface area contributed by atoms with Crippen LogP contribution in [0, 0.1) is 0 Å². The minimum Gasteiger partial charge on any atom is -0.300 e. The Bertz CT molecular complexity index is 668. The number of hydrogen-bond acceptors (Lipinski definition) is 5. The van der Waals surface area contributed by atoms with Crippen molar-refractivity contribution in [1.29, 1.82) is 0 Å². The second-order valence-corrected chi connectivity index (χ2v) is 5.77. The Hall–Kier alpha value is -2.02. The molecule has 0 saturated carbocycles. The summed E-state index contributed by atoms with van der Waals surface area (Å²) >= 11 is 1.53. The van der Waals surface area contributed by atoms with Crippen LogP contribution >= 0.6 is 11.3 Å². The van der Waals surface area contributed by atoms with E-state index in [9.17, 15) is 9.59 Å². The third-order valence-electron chi connectivity index (χ3n) is 3.20. The van der Waals surface area contributed by atoms with E-state index in [2.05, 4.69) is 15.3 Å². The maximum Gasteiger partial charge on any atom is 0.253 e. The number of amides is 1. The van der Waals surface area contributed by atoms with Crippen LogP contribution in [0.2, 0.25) is 0 Å². The van der Waals surface area contributed by atoms with Gasteiger partial charge >= 0.3 is 0 Å². The number of nitrogens with one attached hydrogen (secondary N) is 1. The molecule has 7 heteroatoms. The Labute approximate surface area is 119 Å². The molecule has 1 aliphatic carbocycles. The van der Waals surface area contributed by atoms with Crippen molar-refractivity contribution in [3.05, 3.63) is 39.5 Å². The summed E-state index contributed by atoms with van der Waals surface area (Å²) in [6, 6.07) is 1.33. The average molecular weight is 290 g/mol. The zero-order valence-electron chi connectivity index (χ0n) is 10.8. The zero-order valence-corrected chi connectivity index (χ0v) is 11.7. The topological polar surface area (TPSA) is 76.9 Å². The Morgan fingerprint density at radius 2 is 2.25 bits per heavy atom. The SMILES string of the molecule is O=C(Cn1cnccc1=O)Nc1nc2c(s1)CCCC2. The van der Waals surface area contributed by atoms with Crippen molar-refractivity contribution in [2.75, 3.05) is 5.32 Å². The van der Waals surface area contributed by atoms with Crippen molar-refractivity contribution in [1.82, 2.24) is 14.5 Å². The maximum atomic E-state index is 11.9. The summed E-state index contributed by atoms with van der Waals surface area (Å²) in [6.45, 7) is -0.0447. The van der Waals surface area contributed by atoms with Gasteiger partial charge in [0.15, 0.2) is 5.13 Å². The van der Waals surface area contributed by atoms with Crippen molar-refractivity contribution in [2.24, 2.45) is 0 Å². The van der Waals surface area contributed by atoms with Crippen LogP contribution in [0.4, 0.5) is 5.13 Å². The van der Waals surface area contributed by atoms with Gasteiger partial charge in [-0.15, -0.1) is 11.3 Å². The molecule has 2 aromatic rings. The van der Waals surface area contributed by atoms with Crippen molar-refractivity contribution in [2.45, 2.75) is 32.2 Å². The van der Waals surface area contributed by atoms with Crippen LogP contribution in [0.1, 0.15) is 23.4 Å². The normalized spacial score (nSPS) is 13.8. The highest BCUT2D eigenvalue weighted by Crippen LogP contribution is 2.29. The number of aromatic nitrogens is 3. The summed E-state index contributed by atoms with van der Waals surface area (Å²) in [7, 11) is 0. The van der Waals surface area contributed by atoms with Gasteiger partial charge in [-0.1, -0.05) is 0 Å². The molecule has 20 heavy (non-hydrogen) atoms. The number of thiazole rings is 1. The number of nitrogens with zero attached hydrogens (tertiary/aromatic N) is 3. The Morgan fingerprint density at radius 1 is 1.40 bits per heavy atom. The molecule has 0 bridgehead atoms. The van der Waals surface area contributed by atoms with Gasteiger partial charge in [0.2, 0.25) is 5.91 Å². The fourth-order valence-corrected chi connectivity index (χ4v) is 3.28. The van der Waals surface area contributed by atoms with E-state index in [1.165, 1.54) is 45.8 Å². The van der Waals surface area contributed by atoms with Gasteiger partial charge in [-0.05, 0) is 25.7 Å². The van der Waals surface area contributed by atoms with E-state index in [1.54, 1.807) is 0 Å². The van der Waals surface area contributed by atoms with E-state index in [0.29, 0.717) is 5.13 Å². The van der Waals surface area contributed by atoms with Crippen LogP contribution in [0.15, 0.2) is 23.4 Å². The number of anilines is 1. The molecule has 0 unspecified atom stereocenters. The maximum absolute atomic E-state index is 11.9. The number of carbonyl (C=O) groups excluding carboxylic acids is 1. The van der Waals surface area contributed by atoms with Gasteiger partial charge in [-0.25, -0.2) is 9.97 Å². The molecule has 1 amide bonds. The molecule has 2 heterocycles. The predicted molar refractivity (Wildman–Crippen MR) is 75.9 cm³/mol. The summed E-state index contributed by atoms with van der Waals surface area (Å²) in [6.07, 6.45) is 7.15. The van der Waals surface area contributed by atoms with E-state index in [4.69, 9.17) is 0 Å². The van der Waals surface area contributed by atoms with Gasteiger partial charge in [0, 0.05) is 17.1 Å². The summed E-state index contributed by atoms with van der Waals surface area (Å²) in [5.74, 6) is -0.258. The Balaban J connectivity index is 1.69. The highest BCUT2D eigenvalue weighted by atomic mass is 32.1. The van der Waals surface area contributed by atoms with Gasteiger partial charge in [0.25, 0.3) is 5.56 Å². The van der Waals surface area contributed by atoms with E-state index < -0.39 is 0 Å². The minimum absolute atomic E-state index is 0.0447. The Morgan fingerprint density at radius 3 is 3.05 bits per heavy atom. The number of rotatable bonds is 3. The number of aryl methyl sites for hydroxylation is 2.